The van der Waals surface area contributed by atoms with Gasteiger partial charge in [0.25, 0.3) is 0 Å². The number of hydrogen-bond acceptors (Lipinski definition) is 6. The van der Waals surface area contributed by atoms with Crippen molar-refractivity contribution >= 4 is 11.9 Å². The zero-order chi connectivity index (χ0) is 12.3. The zero-order valence-electron chi connectivity index (χ0n) is 10.3. The Morgan fingerprint density at radius 1 is 1.35 bits per heavy atom. The van der Waals surface area contributed by atoms with Crippen LogP contribution in [0.25, 0.3) is 0 Å². The summed E-state index contributed by atoms with van der Waals surface area (Å²) in [4.78, 5) is 12.2. The van der Waals surface area contributed by atoms with E-state index in [9.17, 15) is 0 Å². The minimum absolute atomic E-state index is 0.195. The number of aromatic nitrogens is 3. The molecule has 0 unspecified atom stereocenters. The van der Waals surface area contributed by atoms with Gasteiger partial charge in [-0.05, 0) is 25.2 Å². The lowest BCUT2D eigenvalue weighted by Crippen LogP contribution is -2.34. The lowest BCUT2D eigenvalue weighted by molar-refractivity contribution is 0.290. The largest absolute Gasteiger partial charge is 0.463 e. The van der Waals surface area contributed by atoms with Crippen molar-refractivity contribution in [2.45, 2.75) is 39.2 Å². The Labute approximate surface area is 101 Å². The molecule has 0 spiro atoms. The first-order valence-electron chi connectivity index (χ1n) is 6.08. The molecular weight excluding hydrogens is 218 g/mol. The molecule has 1 aliphatic carbocycles. The number of ether oxygens (including phenoxy) is 1. The summed E-state index contributed by atoms with van der Waals surface area (Å²) >= 11 is 0. The minimum Gasteiger partial charge on any atom is -0.463 e. The third-order valence-corrected chi connectivity index (χ3v) is 2.77. The molecule has 1 aromatic heterocycles. The summed E-state index contributed by atoms with van der Waals surface area (Å²) < 4.78 is 5.35. The van der Waals surface area contributed by atoms with Crippen molar-refractivity contribution in [3.8, 4) is 6.01 Å². The zero-order valence-corrected chi connectivity index (χ0v) is 10.3. The number of anilines is 2. The standard InChI is InChI=1S/C11H19N5O/c1-3-4-17-11-15-9(12)14-10(16-11)13-8-5-7(2)6-8/h7-8H,3-6H2,1-2H3,(H3,12,13,14,15,16). The van der Waals surface area contributed by atoms with Gasteiger partial charge in [-0.15, -0.1) is 0 Å². The van der Waals surface area contributed by atoms with Crippen LogP contribution in [0.15, 0.2) is 0 Å². The molecule has 6 heteroatoms. The molecule has 0 aromatic carbocycles. The highest BCUT2D eigenvalue weighted by molar-refractivity contribution is 5.34. The van der Waals surface area contributed by atoms with Crippen LogP contribution in [0.1, 0.15) is 33.1 Å². The number of nitrogens with two attached hydrogens (primary N) is 1. The van der Waals surface area contributed by atoms with E-state index < -0.39 is 0 Å². The van der Waals surface area contributed by atoms with Gasteiger partial charge < -0.3 is 15.8 Å². The number of nitrogens with one attached hydrogen (secondary N) is 1. The number of hydrogen-bond donors (Lipinski definition) is 2. The molecule has 6 nitrogen and oxygen atoms in total. The van der Waals surface area contributed by atoms with E-state index in [-0.39, 0.29) is 5.95 Å². The molecule has 1 aromatic rings. The van der Waals surface area contributed by atoms with Gasteiger partial charge in [0.2, 0.25) is 11.9 Å². The summed E-state index contributed by atoms with van der Waals surface area (Å²) in [5.74, 6) is 1.49. The van der Waals surface area contributed by atoms with E-state index in [1.165, 1.54) is 0 Å². The first kappa shape index (κ1) is 11.9. The second-order valence-corrected chi connectivity index (χ2v) is 4.57. The van der Waals surface area contributed by atoms with E-state index in [1.807, 2.05) is 6.92 Å². The average Bonchev–Trinajstić information content (AvgIpc) is 2.23. The smallest absolute Gasteiger partial charge is 0.323 e. The summed E-state index contributed by atoms with van der Waals surface area (Å²) in [6, 6.07) is 0.750. The van der Waals surface area contributed by atoms with Gasteiger partial charge in [-0.2, -0.15) is 15.0 Å². The van der Waals surface area contributed by atoms with Crippen molar-refractivity contribution in [1.82, 2.24) is 15.0 Å². The quantitative estimate of drug-likeness (QED) is 0.806. The fourth-order valence-corrected chi connectivity index (χ4v) is 1.90. The third kappa shape index (κ3) is 3.18. The fraction of sp³-hybridized carbons (Fsp3) is 0.727. The second-order valence-electron chi connectivity index (χ2n) is 4.57. The van der Waals surface area contributed by atoms with Crippen LogP contribution in [-0.4, -0.2) is 27.6 Å². The van der Waals surface area contributed by atoms with Crippen LogP contribution in [-0.2, 0) is 0 Å². The molecule has 1 saturated carbocycles. The Kier molecular flexibility index (Phi) is 3.61. The molecule has 2 rings (SSSR count). The highest BCUT2D eigenvalue weighted by Crippen LogP contribution is 2.28. The van der Waals surface area contributed by atoms with Crippen LogP contribution in [0.3, 0.4) is 0 Å². The van der Waals surface area contributed by atoms with Gasteiger partial charge >= 0.3 is 6.01 Å². The van der Waals surface area contributed by atoms with E-state index in [0.29, 0.717) is 24.6 Å². The SMILES string of the molecule is CCCOc1nc(N)nc(NC2CC(C)C2)n1. The predicted octanol–water partition coefficient (Wildman–Crippen LogP) is 1.45. The molecule has 0 saturated heterocycles. The molecule has 1 aliphatic rings. The lowest BCUT2D eigenvalue weighted by Gasteiger charge is -2.33. The summed E-state index contributed by atoms with van der Waals surface area (Å²) in [7, 11) is 0. The first-order valence-corrected chi connectivity index (χ1v) is 6.08. The maximum absolute atomic E-state index is 5.61. The molecule has 0 amide bonds. The second kappa shape index (κ2) is 5.16. The number of rotatable bonds is 5. The van der Waals surface area contributed by atoms with Crippen molar-refractivity contribution in [1.29, 1.82) is 0 Å². The molecule has 1 heterocycles. The maximum Gasteiger partial charge on any atom is 0.323 e. The van der Waals surface area contributed by atoms with Crippen molar-refractivity contribution in [2.75, 3.05) is 17.7 Å². The van der Waals surface area contributed by atoms with Gasteiger partial charge in [0, 0.05) is 6.04 Å². The monoisotopic (exact) mass is 237 g/mol. The molecule has 0 aliphatic heterocycles. The molecular formula is C11H19N5O. The molecule has 0 radical (unpaired) electrons. The van der Waals surface area contributed by atoms with Crippen molar-refractivity contribution in [3.63, 3.8) is 0 Å². The van der Waals surface area contributed by atoms with Gasteiger partial charge in [-0.3, -0.25) is 0 Å². The van der Waals surface area contributed by atoms with E-state index in [4.69, 9.17) is 10.5 Å². The summed E-state index contributed by atoms with van der Waals surface area (Å²) in [5, 5.41) is 3.24. The Morgan fingerprint density at radius 2 is 2.12 bits per heavy atom. The molecule has 17 heavy (non-hydrogen) atoms. The Bertz CT molecular complexity index is 378. The van der Waals surface area contributed by atoms with Crippen LogP contribution >= 0.6 is 0 Å². The lowest BCUT2D eigenvalue weighted by atomic mass is 9.82. The number of nitrogens with zero attached hydrogens (tertiary/aromatic N) is 3. The van der Waals surface area contributed by atoms with Gasteiger partial charge in [0.15, 0.2) is 0 Å². The average molecular weight is 237 g/mol. The summed E-state index contributed by atoms with van der Waals surface area (Å²) in [6.07, 6.45) is 3.21. The van der Waals surface area contributed by atoms with Gasteiger partial charge in [-0.1, -0.05) is 13.8 Å². The van der Waals surface area contributed by atoms with Crippen molar-refractivity contribution in [3.05, 3.63) is 0 Å². The Morgan fingerprint density at radius 3 is 2.76 bits per heavy atom. The maximum atomic E-state index is 5.61. The molecule has 0 atom stereocenters. The van der Waals surface area contributed by atoms with Gasteiger partial charge in [-0.25, -0.2) is 0 Å². The first-order chi connectivity index (χ1) is 8.17. The highest BCUT2D eigenvalue weighted by Gasteiger charge is 2.25. The normalized spacial score (nSPS) is 22.9. The minimum atomic E-state index is 0.195. The summed E-state index contributed by atoms with van der Waals surface area (Å²) in [6.45, 7) is 4.85. The van der Waals surface area contributed by atoms with Crippen LogP contribution in [0.4, 0.5) is 11.9 Å². The van der Waals surface area contributed by atoms with E-state index in [1.54, 1.807) is 0 Å². The van der Waals surface area contributed by atoms with Crippen LogP contribution in [0.5, 0.6) is 6.01 Å². The van der Waals surface area contributed by atoms with Crippen LogP contribution < -0.4 is 15.8 Å². The van der Waals surface area contributed by atoms with Crippen LogP contribution in [0.2, 0.25) is 0 Å². The van der Waals surface area contributed by atoms with Crippen molar-refractivity contribution < 1.29 is 4.74 Å². The molecule has 0 bridgehead atoms. The van der Waals surface area contributed by atoms with E-state index in [0.717, 1.165) is 25.2 Å². The van der Waals surface area contributed by atoms with E-state index in [2.05, 4.69) is 27.2 Å². The van der Waals surface area contributed by atoms with Gasteiger partial charge in [0.05, 0.1) is 6.61 Å². The Hall–Kier alpha value is -1.59. The van der Waals surface area contributed by atoms with Gasteiger partial charge in [0.1, 0.15) is 0 Å². The van der Waals surface area contributed by atoms with Crippen LogP contribution in [0, 0.1) is 5.92 Å². The van der Waals surface area contributed by atoms with E-state index >= 15 is 0 Å². The molecule has 94 valence electrons. The Balaban J connectivity index is 1.98. The molecule has 1 fully saturated rings. The fourth-order valence-electron chi connectivity index (χ4n) is 1.90. The number of nitrogen functional groups attached to an aromatic ring is 1. The highest BCUT2D eigenvalue weighted by atomic mass is 16.5. The topological polar surface area (TPSA) is 86.0 Å². The third-order valence-electron chi connectivity index (χ3n) is 2.77. The summed E-state index contributed by atoms with van der Waals surface area (Å²) in [5.41, 5.74) is 5.61. The van der Waals surface area contributed by atoms with Crippen molar-refractivity contribution in [2.24, 2.45) is 5.92 Å². The predicted molar refractivity (Wildman–Crippen MR) is 65.8 cm³/mol. The molecule has 3 N–H and O–H groups in total.